The van der Waals surface area contributed by atoms with Crippen LogP contribution in [-0.2, 0) is 18.3 Å². The SMILES string of the molecule is CCOCO[C@H]1[C@H](O[Si](C)(C)C(C)(C)C)[C@H]2C=C[C@]1(Br)n1c(=O)n(-c3ccccc3)c(=O)n12. The molecule has 180 valence electrons. The number of fused-ring (bicyclic) bond motifs is 1. The van der Waals surface area contributed by atoms with Crippen molar-refractivity contribution in [3.05, 3.63) is 63.5 Å². The van der Waals surface area contributed by atoms with E-state index in [-0.39, 0.29) is 11.8 Å². The zero-order valence-electron chi connectivity index (χ0n) is 19.9. The molecule has 0 saturated carbocycles. The zero-order valence-corrected chi connectivity index (χ0v) is 22.5. The molecule has 2 aliphatic heterocycles. The Morgan fingerprint density at radius 2 is 1.79 bits per heavy atom. The third kappa shape index (κ3) is 3.85. The number of hydrogen-bond donors (Lipinski definition) is 0. The van der Waals surface area contributed by atoms with E-state index < -0.39 is 42.4 Å². The molecule has 33 heavy (non-hydrogen) atoms. The molecule has 0 fully saturated rings. The molecule has 0 unspecified atom stereocenters. The van der Waals surface area contributed by atoms with Gasteiger partial charge in [0.25, 0.3) is 0 Å². The number of rotatable bonds is 7. The molecule has 0 saturated heterocycles. The number of halogens is 1. The van der Waals surface area contributed by atoms with Crippen LogP contribution in [0.15, 0.2) is 52.1 Å². The average Bonchev–Trinajstić information content (AvgIpc) is 3.02. The molecule has 10 heteroatoms. The standard InChI is InChI=1S/C23H32BrN3O5Si/c1-7-30-15-31-19-18(32-33(5,6)22(2,3)4)17-13-14-23(19,24)27-21(29)25(20(28)26(17)27)16-11-9-8-10-12-16/h8-14,17-19H,7,15H2,1-6H3/t17-,18-,19+,23+/m1/s1. The highest BCUT2D eigenvalue weighted by molar-refractivity contribution is 9.09. The molecule has 1 aliphatic carbocycles. The van der Waals surface area contributed by atoms with Gasteiger partial charge in [-0.25, -0.2) is 23.5 Å². The number of para-hydroxylation sites is 1. The van der Waals surface area contributed by atoms with Crippen LogP contribution >= 0.6 is 15.9 Å². The molecule has 0 spiro atoms. The van der Waals surface area contributed by atoms with E-state index in [1.165, 1.54) is 13.9 Å². The summed E-state index contributed by atoms with van der Waals surface area (Å²) in [5, 5.41) is -0.0437. The van der Waals surface area contributed by atoms with Crippen molar-refractivity contribution in [1.29, 1.82) is 0 Å². The molecule has 2 bridgehead atoms. The second-order valence-corrected chi connectivity index (χ2v) is 16.0. The maximum atomic E-state index is 13.6. The van der Waals surface area contributed by atoms with E-state index in [1.54, 1.807) is 24.3 Å². The van der Waals surface area contributed by atoms with Crippen molar-refractivity contribution in [2.45, 2.75) is 68.5 Å². The fraction of sp³-hybridized carbons (Fsp3) is 0.565. The Morgan fingerprint density at radius 1 is 1.12 bits per heavy atom. The minimum atomic E-state index is -2.25. The Hall–Kier alpha value is -1.72. The van der Waals surface area contributed by atoms with Crippen LogP contribution in [0.2, 0.25) is 18.1 Å². The third-order valence-electron chi connectivity index (χ3n) is 6.93. The highest BCUT2D eigenvalue weighted by atomic mass is 79.9. The van der Waals surface area contributed by atoms with Crippen LogP contribution in [0.5, 0.6) is 0 Å². The van der Waals surface area contributed by atoms with Gasteiger partial charge in [0.2, 0.25) is 0 Å². The summed E-state index contributed by atoms with van der Waals surface area (Å²) >= 11 is 3.78. The monoisotopic (exact) mass is 537 g/mol. The summed E-state index contributed by atoms with van der Waals surface area (Å²) in [6, 6.07) is 8.46. The smallest absolute Gasteiger partial charge is 0.353 e. The number of ether oxygens (including phenoxy) is 2. The van der Waals surface area contributed by atoms with Crippen molar-refractivity contribution in [2.24, 2.45) is 0 Å². The Bertz CT molecular complexity index is 1160. The fourth-order valence-electron chi connectivity index (χ4n) is 4.15. The van der Waals surface area contributed by atoms with E-state index in [1.807, 2.05) is 25.1 Å². The van der Waals surface area contributed by atoms with Crippen LogP contribution in [0.4, 0.5) is 0 Å². The Balaban J connectivity index is 1.89. The van der Waals surface area contributed by atoms with Crippen molar-refractivity contribution < 1.29 is 13.9 Å². The van der Waals surface area contributed by atoms with E-state index in [0.29, 0.717) is 12.3 Å². The normalized spacial score (nSPS) is 26.6. The molecule has 2 aromatic rings. The van der Waals surface area contributed by atoms with Gasteiger partial charge in [-0.2, -0.15) is 0 Å². The van der Waals surface area contributed by atoms with Gasteiger partial charge in [-0.3, -0.25) is 0 Å². The first-order chi connectivity index (χ1) is 15.4. The van der Waals surface area contributed by atoms with Gasteiger partial charge in [0.15, 0.2) is 12.8 Å². The summed E-state index contributed by atoms with van der Waals surface area (Å²) in [6.07, 6.45) is 2.77. The first kappa shape index (κ1) is 24.4. The number of hydrogen-bond acceptors (Lipinski definition) is 5. The van der Waals surface area contributed by atoms with Crippen molar-refractivity contribution >= 4 is 24.2 Å². The van der Waals surface area contributed by atoms with Gasteiger partial charge < -0.3 is 13.9 Å². The molecule has 1 aromatic heterocycles. The highest BCUT2D eigenvalue weighted by Gasteiger charge is 2.58. The topological polar surface area (TPSA) is 76.6 Å². The molecular formula is C23H32BrN3O5Si. The summed E-state index contributed by atoms with van der Waals surface area (Å²) in [5.74, 6) is 0. The van der Waals surface area contributed by atoms with Crippen LogP contribution in [0.25, 0.3) is 5.69 Å². The van der Waals surface area contributed by atoms with E-state index in [4.69, 9.17) is 13.9 Å². The summed E-state index contributed by atoms with van der Waals surface area (Å²) in [7, 11) is -2.25. The lowest BCUT2D eigenvalue weighted by Crippen LogP contribution is -2.65. The zero-order chi connectivity index (χ0) is 24.2. The van der Waals surface area contributed by atoms with E-state index >= 15 is 0 Å². The second kappa shape index (κ2) is 8.49. The van der Waals surface area contributed by atoms with Crippen LogP contribution < -0.4 is 11.4 Å². The van der Waals surface area contributed by atoms with Crippen LogP contribution in [0.3, 0.4) is 0 Å². The molecule has 0 N–H and O–H groups in total. The quantitative estimate of drug-likeness (QED) is 0.177. The molecule has 8 nitrogen and oxygen atoms in total. The van der Waals surface area contributed by atoms with Crippen LogP contribution in [0.1, 0.15) is 33.7 Å². The maximum Gasteiger partial charge on any atom is 0.353 e. The molecule has 1 aromatic carbocycles. The van der Waals surface area contributed by atoms with Crippen molar-refractivity contribution in [2.75, 3.05) is 13.4 Å². The molecule has 3 aliphatic rings. The first-order valence-electron chi connectivity index (χ1n) is 11.2. The summed E-state index contributed by atoms with van der Waals surface area (Å²) in [4.78, 5) is 27.2. The summed E-state index contributed by atoms with van der Waals surface area (Å²) in [5.41, 5.74) is -0.323. The second-order valence-electron chi connectivity index (χ2n) is 10.0. The minimum absolute atomic E-state index is 0.0437. The lowest BCUT2D eigenvalue weighted by molar-refractivity contribution is -0.160. The number of nitrogens with zero attached hydrogens (tertiary/aromatic N) is 3. The van der Waals surface area contributed by atoms with Gasteiger partial charge in [-0.15, -0.1) is 0 Å². The van der Waals surface area contributed by atoms with Gasteiger partial charge in [0.05, 0.1) is 5.69 Å². The first-order valence-corrected chi connectivity index (χ1v) is 14.9. The molecule has 0 amide bonds. The average molecular weight is 539 g/mol. The van der Waals surface area contributed by atoms with Crippen molar-refractivity contribution in [3.8, 4) is 5.69 Å². The number of benzene rings is 1. The van der Waals surface area contributed by atoms with Crippen LogP contribution in [-0.4, -0.2) is 47.9 Å². The van der Waals surface area contributed by atoms with Gasteiger partial charge in [-0.05, 0) is 43.3 Å². The van der Waals surface area contributed by atoms with Gasteiger partial charge in [0.1, 0.15) is 25.0 Å². The Labute approximate surface area is 203 Å². The van der Waals surface area contributed by atoms with Crippen molar-refractivity contribution in [1.82, 2.24) is 13.9 Å². The van der Waals surface area contributed by atoms with E-state index in [2.05, 4.69) is 49.8 Å². The number of alkyl halides is 1. The lowest BCUT2D eigenvalue weighted by atomic mass is 9.90. The molecule has 0 radical (unpaired) electrons. The van der Waals surface area contributed by atoms with Gasteiger partial charge in [0, 0.05) is 6.61 Å². The third-order valence-corrected chi connectivity index (χ3v) is 12.5. The predicted molar refractivity (Wildman–Crippen MR) is 133 cm³/mol. The predicted octanol–water partition coefficient (Wildman–Crippen LogP) is 3.74. The minimum Gasteiger partial charge on any atom is -0.409 e. The van der Waals surface area contributed by atoms with E-state index in [9.17, 15) is 9.59 Å². The van der Waals surface area contributed by atoms with Gasteiger partial charge >= 0.3 is 11.4 Å². The molecular weight excluding hydrogens is 506 g/mol. The molecule has 5 rings (SSSR count). The summed E-state index contributed by atoms with van der Waals surface area (Å²) < 4.78 is 21.6. The fourth-order valence-corrected chi connectivity index (χ4v) is 6.32. The van der Waals surface area contributed by atoms with Crippen molar-refractivity contribution in [3.63, 3.8) is 0 Å². The lowest BCUT2D eigenvalue weighted by Gasteiger charge is -2.52. The molecule has 3 heterocycles. The molecule has 4 atom stereocenters. The van der Waals surface area contributed by atoms with Gasteiger partial charge in [-0.1, -0.05) is 61.0 Å². The summed E-state index contributed by atoms with van der Waals surface area (Å²) in [6.45, 7) is 13.3. The highest BCUT2D eigenvalue weighted by Crippen LogP contribution is 2.49. The van der Waals surface area contributed by atoms with Crippen LogP contribution in [0, 0.1) is 0 Å². The largest absolute Gasteiger partial charge is 0.409 e. The maximum absolute atomic E-state index is 13.6. The Morgan fingerprint density at radius 3 is 2.39 bits per heavy atom. The number of aromatic nitrogens is 3. The van der Waals surface area contributed by atoms with E-state index in [0.717, 1.165) is 0 Å². The Kier molecular flexibility index (Phi) is 6.28.